The average Bonchev–Trinajstić information content (AvgIpc) is 2.31. The maximum Gasteiger partial charge on any atom is 0.145 e. The first-order chi connectivity index (χ1) is 7.74. The Morgan fingerprint density at radius 1 is 0.750 bits per heavy atom. The summed E-state index contributed by atoms with van der Waals surface area (Å²) in [7, 11) is 0.729. The summed E-state index contributed by atoms with van der Waals surface area (Å²) in [6.07, 6.45) is 0. The van der Waals surface area contributed by atoms with E-state index in [2.05, 4.69) is 0 Å². The summed E-state index contributed by atoms with van der Waals surface area (Å²) in [6.45, 7) is 10.7. The van der Waals surface area contributed by atoms with Gasteiger partial charge in [-0.05, 0) is 20.8 Å². The van der Waals surface area contributed by atoms with Gasteiger partial charge < -0.3 is 18.6 Å². The molecule has 0 heterocycles. The molecule has 0 bridgehead atoms. The molecule has 0 fully saturated rings. The fourth-order valence-electron chi connectivity index (χ4n) is 1.51. The van der Waals surface area contributed by atoms with Crippen LogP contribution in [0.4, 0.5) is 0 Å². The Kier molecular flexibility index (Phi) is 10.3. The Labute approximate surface area is 102 Å². The van der Waals surface area contributed by atoms with Gasteiger partial charge in [0.05, 0.1) is 25.2 Å². The molecule has 0 aliphatic carbocycles. The minimum absolute atomic E-state index is 0.149. The second-order valence-electron chi connectivity index (χ2n) is 3.84. The van der Waals surface area contributed by atoms with Gasteiger partial charge in [0.1, 0.15) is 10.5 Å². The maximum absolute atomic E-state index is 5.52. The van der Waals surface area contributed by atoms with Gasteiger partial charge >= 0.3 is 0 Å². The van der Waals surface area contributed by atoms with Crippen molar-refractivity contribution in [3.63, 3.8) is 0 Å². The van der Waals surface area contributed by atoms with Gasteiger partial charge in [0.15, 0.2) is 0 Å². The van der Waals surface area contributed by atoms with E-state index in [1.165, 1.54) is 0 Å². The second kappa shape index (κ2) is 10.2. The van der Waals surface area contributed by atoms with Crippen molar-refractivity contribution >= 4 is 10.5 Å². The highest BCUT2D eigenvalue weighted by molar-refractivity contribution is 5.97. The fraction of sp³-hybridized carbons (Fsp3) is 1.00. The molecule has 0 aliphatic heterocycles. The molecule has 0 radical (unpaired) electrons. The van der Waals surface area contributed by atoms with Crippen LogP contribution in [0.2, 0.25) is 0 Å². The molecule has 0 aromatic rings. The van der Waals surface area contributed by atoms with Crippen LogP contribution in [0.1, 0.15) is 20.8 Å². The van der Waals surface area contributed by atoms with Gasteiger partial charge in [-0.1, -0.05) is 0 Å². The summed E-state index contributed by atoms with van der Waals surface area (Å²) in [4.78, 5) is 0. The lowest BCUT2D eigenvalue weighted by molar-refractivity contribution is -0.0825. The molecule has 0 saturated carbocycles. The topological polar surface area (TPSA) is 36.9 Å². The van der Waals surface area contributed by atoms with Crippen molar-refractivity contribution in [3.05, 3.63) is 0 Å². The highest BCUT2D eigenvalue weighted by atomic mass is 28.2. The van der Waals surface area contributed by atoms with Crippen LogP contribution in [-0.2, 0) is 18.6 Å². The van der Waals surface area contributed by atoms with E-state index in [4.69, 9.17) is 18.6 Å². The minimum atomic E-state index is -0.149. The molecular formula is C11H26O4Si. The lowest BCUT2D eigenvalue weighted by Gasteiger charge is -2.32. The van der Waals surface area contributed by atoms with Crippen LogP contribution in [0.3, 0.4) is 0 Å². The average molecular weight is 250 g/mol. The van der Waals surface area contributed by atoms with Crippen LogP contribution in [0.25, 0.3) is 0 Å². The van der Waals surface area contributed by atoms with Crippen molar-refractivity contribution in [1.29, 1.82) is 0 Å². The van der Waals surface area contributed by atoms with Crippen molar-refractivity contribution in [1.82, 2.24) is 0 Å². The summed E-state index contributed by atoms with van der Waals surface area (Å²) in [5, 5.41) is 0. The predicted molar refractivity (Wildman–Crippen MR) is 67.8 cm³/mol. The molecule has 0 amide bonds. The van der Waals surface area contributed by atoms with E-state index < -0.39 is 0 Å². The first-order valence-corrected chi connectivity index (χ1v) is 6.78. The smallest absolute Gasteiger partial charge is 0.145 e. The van der Waals surface area contributed by atoms with Crippen molar-refractivity contribution in [2.24, 2.45) is 5.41 Å². The molecule has 0 spiro atoms. The molecule has 0 aromatic carbocycles. The Hall–Kier alpha value is 0.0569. The number of hydrogen-bond acceptors (Lipinski definition) is 4. The third-order valence-corrected chi connectivity index (χ3v) is 2.58. The third-order valence-electron chi connectivity index (χ3n) is 2.29. The van der Waals surface area contributed by atoms with Gasteiger partial charge in [0, 0.05) is 26.4 Å². The zero-order valence-electron chi connectivity index (χ0n) is 11.1. The van der Waals surface area contributed by atoms with Crippen molar-refractivity contribution < 1.29 is 18.6 Å². The molecule has 0 N–H and O–H groups in total. The highest BCUT2D eigenvalue weighted by Gasteiger charge is 2.31. The van der Waals surface area contributed by atoms with Gasteiger partial charge in [0.2, 0.25) is 0 Å². The van der Waals surface area contributed by atoms with Crippen molar-refractivity contribution in [2.75, 3.05) is 46.2 Å². The summed E-state index contributed by atoms with van der Waals surface area (Å²) >= 11 is 0. The molecule has 0 aliphatic rings. The summed E-state index contributed by atoms with van der Waals surface area (Å²) in [5.74, 6) is 0. The highest BCUT2D eigenvalue weighted by Crippen LogP contribution is 2.20. The van der Waals surface area contributed by atoms with Gasteiger partial charge in [-0.25, -0.2) is 0 Å². The van der Waals surface area contributed by atoms with Crippen LogP contribution < -0.4 is 0 Å². The Balaban J connectivity index is 4.32. The van der Waals surface area contributed by atoms with E-state index in [1.807, 2.05) is 20.8 Å². The van der Waals surface area contributed by atoms with Crippen molar-refractivity contribution in [3.8, 4) is 0 Å². The summed E-state index contributed by atoms with van der Waals surface area (Å²) in [6, 6.07) is 0. The Morgan fingerprint density at radius 3 is 1.38 bits per heavy atom. The first-order valence-electron chi connectivity index (χ1n) is 5.96. The monoisotopic (exact) mass is 250 g/mol. The Bertz CT molecular complexity index is 133. The first kappa shape index (κ1) is 16.1. The fourth-order valence-corrected chi connectivity index (χ4v) is 2.12. The number of ether oxygens (including phenoxy) is 3. The molecule has 0 rings (SSSR count). The van der Waals surface area contributed by atoms with Crippen LogP contribution in [0.15, 0.2) is 0 Å². The predicted octanol–water partition coefficient (Wildman–Crippen LogP) is 0.379. The van der Waals surface area contributed by atoms with Gasteiger partial charge in [-0.2, -0.15) is 0 Å². The SMILES string of the molecule is CCOCC(CO[SiH3])(COCC)COCC. The Morgan fingerprint density at radius 2 is 1.12 bits per heavy atom. The van der Waals surface area contributed by atoms with Crippen LogP contribution in [0, 0.1) is 5.41 Å². The van der Waals surface area contributed by atoms with Crippen LogP contribution >= 0.6 is 0 Å². The van der Waals surface area contributed by atoms with E-state index in [0.29, 0.717) is 46.2 Å². The molecule has 4 nitrogen and oxygen atoms in total. The van der Waals surface area contributed by atoms with E-state index >= 15 is 0 Å². The normalized spacial score (nSPS) is 12.2. The van der Waals surface area contributed by atoms with E-state index in [0.717, 1.165) is 10.5 Å². The van der Waals surface area contributed by atoms with Gasteiger partial charge in [-0.3, -0.25) is 0 Å². The number of hydrogen-bond donors (Lipinski definition) is 0. The minimum Gasteiger partial charge on any atom is -0.427 e. The van der Waals surface area contributed by atoms with E-state index in [-0.39, 0.29) is 5.41 Å². The molecular weight excluding hydrogens is 224 g/mol. The molecule has 0 atom stereocenters. The summed E-state index contributed by atoms with van der Waals surface area (Å²) < 4.78 is 22.0. The summed E-state index contributed by atoms with van der Waals surface area (Å²) in [5.41, 5.74) is -0.149. The van der Waals surface area contributed by atoms with Gasteiger partial charge in [0.25, 0.3) is 0 Å². The maximum atomic E-state index is 5.52. The lowest BCUT2D eigenvalue weighted by atomic mass is 9.92. The quantitative estimate of drug-likeness (QED) is 0.497. The van der Waals surface area contributed by atoms with E-state index in [1.54, 1.807) is 0 Å². The molecule has 98 valence electrons. The molecule has 0 saturated heterocycles. The lowest BCUT2D eigenvalue weighted by Crippen LogP contribution is -2.41. The molecule has 0 aromatic heterocycles. The van der Waals surface area contributed by atoms with Crippen LogP contribution in [0.5, 0.6) is 0 Å². The van der Waals surface area contributed by atoms with Crippen LogP contribution in [-0.4, -0.2) is 56.7 Å². The largest absolute Gasteiger partial charge is 0.427 e. The standard InChI is InChI=1S/C11H26O4Si/c1-4-12-7-11(10-15-16,8-13-5-2)9-14-6-3/h4-10H2,1-3,16H3. The number of rotatable bonds is 11. The third kappa shape index (κ3) is 6.60. The van der Waals surface area contributed by atoms with E-state index in [9.17, 15) is 0 Å². The van der Waals surface area contributed by atoms with Crippen molar-refractivity contribution in [2.45, 2.75) is 20.8 Å². The zero-order valence-corrected chi connectivity index (χ0v) is 13.1. The second-order valence-corrected chi connectivity index (χ2v) is 4.42. The molecule has 5 heteroatoms. The molecule has 0 unspecified atom stereocenters. The zero-order chi connectivity index (χ0) is 12.3. The van der Waals surface area contributed by atoms with Gasteiger partial charge in [-0.15, -0.1) is 0 Å². The molecule has 16 heavy (non-hydrogen) atoms.